The fourth-order valence-electron chi connectivity index (χ4n) is 3.15. The summed E-state index contributed by atoms with van der Waals surface area (Å²) in [5, 5.41) is 12.2. The molecule has 4 rings (SSSR count). The van der Waals surface area contributed by atoms with Crippen molar-refractivity contribution in [1.29, 1.82) is 0 Å². The largest absolute Gasteiger partial charge is 0.322 e. The molecule has 1 heterocycles. The lowest BCUT2D eigenvalue weighted by Crippen LogP contribution is -2.12. The van der Waals surface area contributed by atoms with Crippen molar-refractivity contribution in [3.8, 4) is 11.3 Å². The van der Waals surface area contributed by atoms with Crippen LogP contribution in [0.15, 0.2) is 83.9 Å². The average molecular weight is 444 g/mol. The van der Waals surface area contributed by atoms with Crippen LogP contribution in [0.1, 0.15) is 27.0 Å². The predicted molar refractivity (Wildman–Crippen MR) is 127 cm³/mol. The molecule has 1 aromatic heterocycles. The van der Waals surface area contributed by atoms with Crippen LogP contribution in [-0.4, -0.2) is 16.1 Å². The second-order valence-electron chi connectivity index (χ2n) is 7.51. The van der Waals surface area contributed by atoms with E-state index < -0.39 is 0 Å². The molecular formula is C26H22FN3OS. The van der Waals surface area contributed by atoms with E-state index in [0.29, 0.717) is 17.0 Å². The monoisotopic (exact) mass is 443 g/mol. The number of thioether (sulfide) groups is 1. The van der Waals surface area contributed by atoms with Crippen molar-refractivity contribution in [2.75, 3.05) is 5.32 Å². The summed E-state index contributed by atoms with van der Waals surface area (Å²) in [5.41, 5.74) is 6.26. The Bertz CT molecular complexity index is 1240. The summed E-state index contributed by atoms with van der Waals surface area (Å²) in [4.78, 5) is 12.7. The van der Waals surface area contributed by atoms with Crippen LogP contribution >= 0.6 is 11.8 Å². The van der Waals surface area contributed by atoms with Crippen molar-refractivity contribution < 1.29 is 9.18 Å². The number of hydrogen-bond donors (Lipinski definition) is 1. The van der Waals surface area contributed by atoms with Crippen LogP contribution in [0.3, 0.4) is 0 Å². The summed E-state index contributed by atoms with van der Waals surface area (Å²) < 4.78 is 13.1. The van der Waals surface area contributed by atoms with E-state index in [1.165, 1.54) is 17.7 Å². The first-order valence-electron chi connectivity index (χ1n) is 10.2. The molecule has 0 aliphatic rings. The molecular weight excluding hydrogens is 421 g/mol. The minimum absolute atomic E-state index is 0.136. The SMILES string of the molecule is Cc1ccc(NC(=O)c2cccc(CSc3ccc(-c4ccc(F)cc4)nn3)c2)cc1C. The van der Waals surface area contributed by atoms with Gasteiger partial charge in [-0.05, 0) is 91.2 Å². The fourth-order valence-corrected chi connectivity index (χ4v) is 3.91. The molecule has 4 aromatic rings. The van der Waals surface area contributed by atoms with E-state index in [0.717, 1.165) is 27.4 Å². The predicted octanol–water partition coefficient (Wildman–Crippen LogP) is 6.44. The van der Waals surface area contributed by atoms with Gasteiger partial charge in [0.15, 0.2) is 0 Å². The van der Waals surface area contributed by atoms with Crippen LogP contribution in [0, 0.1) is 19.7 Å². The number of amides is 1. The molecule has 1 N–H and O–H groups in total. The van der Waals surface area contributed by atoms with Crippen molar-refractivity contribution in [1.82, 2.24) is 10.2 Å². The molecule has 0 fully saturated rings. The summed E-state index contributed by atoms with van der Waals surface area (Å²) in [7, 11) is 0. The molecule has 0 spiro atoms. The molecule has 0 aliphatic heterocycles. The molecule has 0 aliphatic carbocycles. The highest BCUT2D eigenvalue weighted by Crippen LogP contribution is 2.24. The van der Waals surface area contributed by atoms with Crippen molar-refractivity contribution in [2.24, 2.45) is 0 Å². The Morgan fingerprint density at radius 1 is 0.906 bits per heavy atom. The molecule has 4 nitrogen and oxygen atoms in total. The second-order valence-corrected chi connectivity index (χ2v) is 8.50. The van der Waals surface area contributed by atoms with Crippen LogP contribution in [-0.2, 0) is 5.75 Å². The number of nitrogens with one attached hydrogen (secondary N) is 1. The fraction of sp³-hybridized carbons (Fsp3) is 0.115. The first kappa shape index (κ1) is 21.7. The third-order valence-corrected chi connectivity index (χ3v) is 6.11. The van der Waals surface area contributed by atoms with Gasteiger partial charge in [-0.1, -0.05) is 30.0 Å². The molecule has 1 amide bonds. The molecule has 3 aromatic carbocycles. The number of halogens is 1. The minimum Gasteiger partial charge on any atom is -0.322 e. The number of carbonyl (C=O) groups excluding carboxylic acids is 1. The van der Waals surface area contributed by atoms with Crippen LogP contribution in [0.25, 0.3) is 11.3 Å². The molecule has 6 heteroatoms. The van der Waals surface area contributed by atoms with E-state index in [2.05, 4.69) is 15.5 Å². The number of anilines is 1. The maximum atomic E-state index is 13.1. The molecule has 160 valence electrons. The van der Waals surface area contributed by atoms with Gasteiger partial charge in [0.05, 0.1) is 5.69 Å². The van der Waals surface area contributed by atoms with Crippen molar-refractivity contribution >= 4 is 23.4 Å². The zero-order chi connectivity index (χ0) is 22.5. The van der Waals surface area contributed by atoms with Gasteiger partial charge in [-0.3, -0.25) is 4.79 Å². The Morgan fingerprint density at radius 3 is 2.44 bits per heavy atom. The van der Waals surface area contributed by atoms with E-state index in [-0.39, 0.29) is 11.7 Å². The van der Waals surface area contributed by atoms with Gasteiger partial charge in [0, 0.05) is 22.6 Å². The first-order chi connectivity index (χ1) is 15.5. The number of benzene rings is 3. The maximum Gasteiger partial charge on any atom is 0.255 e. The number of nitrogens with zero attached hydrogens (tertiary/aromatic N) is 2. The highest BCUT2D eigenvalue weighted by atomic mass is 32.2. The Morgan fingerprint density at radius 2 is 1.72 bits per heavy atom. The smallest absolute Gasteiger partial charge is 0.255 e. The van der Waals surface area contributed by atoms with Crippen LogP contribution in [0.5, 0.6) is 0 Å². The minimum atomic E-state index is -0.279. The van der Waals surface area contributed by atoms with Crippen LogP contribution in [0.2, 0.25) is 0 Å². The molecule has 0 saturated heterocycles. The Labute approximate surface area is 190 Å². The summed E-state index contributed by atoms with van der Waals surface area (Å²) in [6.07, 6.45) is 0. The second kappa shape index (κ2) is 9.75. The highest BCUT2D eigenvalue weighted by molar-refractivity contribution is 7.98. The van der Waals surface area contributed by atoms with Gasteiger partial charge in [0.25, 0.3) is 5.91 Å². The molecule has 0 bridgehead atoms. The van der Waals surface area contributed by atoms with Gasteiger partial charge >= 0.3 is 0 Å². The number of aromatic nitrogens is 2. The van der Waals surface area contributed by atoms with E-state index in [4.69, 9.17) is 0 Å². The third-order valence-electron chi connectivity index (χ3n) is 5.12. The number of aryl methyl sites for hydroxylation is 2. The zero-order valence-corrected chi connectivity index (χ0v) is 18.6. The Hall–Kier alpha value is -3.51. The van der Waals surface area contributed by atoms with Gasteiger partial charge in [0.1, 0.15) is 10.8 Å². The van der Waals surface area contributed by atoms with Gasteiger partial charge in [-0.25, -0.2) is 4.39 Å². The van der Waals surface area contributed by atoms with Crippen molar-refractivity contribution in [2.45, 2.75) is 24.6 Å². The average Bonchev–Trinajstić information content (AvgIpc) is 2.81. The number of rotatable bonds is 6. The van der Waals surface area contributed by atoms with Gasteiger partial charge in [-0.2, -0.15) is 0 Å². The normalized spacial score (nSPS) is 10.7. The van der Waals surface area contributed by atoms with Crippen molar-refractivity contribution in [3.05, 3.63) is 107 Å². The molecule has 0 unspecified atom stereocenters. The summed E-state index contributed by atoms with van der Waals surface area (Å²) in [6.45, 7) is 4.07. The third kappa shape index (κ3) is 5.39. The summed E-state index contributed by atoms with van der Waals surface area (Å²) in [6, 6.07) is 23.4. The van der Waals surface area contributed by atoms with Gasteiger partial charge in [-0.15, -0.1) is 10.2 Å². The first-order valence-corrected chi connectivity index (χ1v) is 11.2. The molecule has 32 heavy (non-hydrogen) atoms. The lowest BCUT2D eigenvalue weighted by molar-refractivity contribution is 0.102. The topological polar surface area (TPSA) is 54.9 Å². The summed E-state index contributed by atoms with van der Waals surface area (Å²) in [5.74, 6) is 0.248. The van der Waals surface area contributed by atoms with Crippen molar-refractivity contribution in [3.63, 3.8) is 0 Å². The zero-order valence-electron chi connectivity index (χ0n) is 17.8. The Kier molecular flexibility index (Phi) is 6.61. The lowest BCUT2D eigenvalue weighted by Gasteiger charge is -2.09. The lowest BCUT2D eigenvalue weighted by atomic mass is 10.1. The number of carbonyl (C=O) groups is 1. The Balaban J connectivity index is 1.38. The molecule has 0 saturated carbocycles. The van der Waals surface area contributed by atoms with E-state index in [9.17, 15) is 9.18 Å². The molecule has 0 atom stereocenters. The standard InChI is InChI=1S/C26H22FN3OS/c1-17-6-11-23(14-18(17)2)28-26(31)21-5-3-4-19(15-21)16-32-25-13-12-24(29-30-25)20-7-9-22(27)10-8-20/h3-15H,16H2,1-2H3,(H,28,31). The van der Waals surface area contributed by atoms with E-state index in [1.54, 1.807) is 23.9 Å². The highest BCUT2D eigenvalue weighted by Gasteiger charge is 2.09. The van der Waals surface area contributed by atoms with Crippen LogP contribution < -0.4 is 5.32 Å². The van der Waals surface area contributed by atoms with E-state index in [1.807, 2.05) is 68.4 Å². The maximum absolute atomic E-state index is 13.1. The van der Waals surface area contributed by atoms with Crippen LogP contribution in [0.4, 0.5) is 10.1 Å². The van der Waals surface area contributed by atoms with Gasteiger partial charge in [0.2, 0.25) is 0 Å². The molecule has 0 radical (unpaired) electrons. The van der Waals surface area contributed by atoms with E-state index >= 15 is 0 Å². The van der Waals surface area contributed by atoms with Gasteiger partial charge < -0.3 is 5.32 Å². The summed E-state index contributed by atoms with van der Waals surface area (Å²) >= 11 is 1.54. The quantitative estimate of drug-likeness (QED) is 0.348. The number of hydrogen-bond acceptors (Lipinski definition) is 4.